The normalized spacial score (nSPS) is 20.0. The minimum Gasteiger partial charge on any atom is -0.510 e. The third kappa shape index (κ3) is 4.71. The molecule has 0 unspecified atom stereocenters. The fraction of sp³-hybridized carbons (Fsp3) is 0.132. The molecule has 0 N–H and O–H groups in total. The van der Waals surface area contributed by atoms with E-state index in [4.69, 9.17) is 16.3 Å². The third-order valence-corrected chi connectivity index (χ3v) is 8.73. The number of rotatable bonds is 5. The number of aromatic nitrogens is 2. The first-order chi connectivity index (χ1) is 21.3. The smallest absolute Gasteiger partial charge is 0.183 e. The van der Waals surface area contributed by atoms with Gasteiger partial charge in [0.2, 0.25) is 0 Å². The SMILES string of the molecule is [C-]#[N+]c1cc(Oc2[c-]c3c(cc2)c2ccccc2n3-c2cc(C(C)(C)C)ccn2)[c-]c([N@@+]23C=C[N@@+](c4ccccc4)([CH-]2)C3)c1.[Pt]. The Morgan fingerprint density at radius 1 is 0.867 bits per heavy atom. The van der Waals surface area contributed by atoms with Crippen LogP contribution in [0.15, 0.2) is 110 Å². The van der Waals surface area contributed by atoms with Crippen LogP contribution in [0.25, 0.3) is 32.5 Å². The van der Waals surface area contributed by atoms with E-state index in [0.29, 0.717) is 26.2 Å². The summed E-state index contributed by atoms with van der Waals surface area (Å²) in [6, 6.07) is 37.7. The summed E-state index contributed by atoms with van der Waals surface area (Å²) < 4.78 is 9.77. The molecule has 7 heteroatoms. The van der Waals surface area contributed by atoms with Gasteiger partial charge in [0.25, 0.3) is 0 Å². The molecule has 45 heavy (non-hydrogen) atoms. The second-order valence-electron chi connectivity index (χ2n) is 12.6. The maximum Gasteiger partial charge on any atom is 0.183 e. The summed E-state index contributed by atoms with van der Waals surface area (Å²) in [4.78, 5) is 8.54. The largest absolute Gasteiger partial charge is 0.510 e. The Bertz CT molecular complexity index is 2160. The number of quaternary nitrogens is 2. The number of hydrogen-bond acceptors (Lipinski definition) is 2. The summed E-state index contributed by atoms with van der Waals surface area (Å²) in [6.07, 6.45) is 6.25. The molecular formula is C38H30N5OPt-. The van der Waals surface area contributed by atoms with E-state index >= 15 is 0 Å². The second-order valence-corrected chi connectivity index (χ2v) is 12.6. The number of pyridine rings is 1. The molecule has 0 saturated carbocycles. The average molecular weight is 768 g/mol. The first-order valence-electron chi connectivity index (χ1n) is 14.7. The summed E-state index contributed by atoms with van der Waals surface area (Å²) >= 11 is 0. The summed E-state index contributed by atoms with van der Waals surface area (Å²) in [5.41, 5.74) is 5.74. The molecular weight excluding hydrogens is 738 g/mol. The van der Waals surface area contributed by atoms with Crippen molar-refractivity contribution in [2.24, 2.45) is 0 Å². The molecule has 0 aliphatic carbocycles. The van der Waals surface area contributed by atoms with Gasteiger partial charge < -0.3 is 13.8 Å². The number of hydrogen-bond donors (Lipinski definition) is 0. The molecule has 0 radical (unpaired) electrons. The van der Waals surface area contributed by atoms with Gasteiger partial charge in [-0.2, -0.15) is 6.07 Å². The first-order valence-corrected chi connectivity index (χ1v) is 14.7. The fourth-order valence-corrected chi connectivity index (χ4v) is 6.46. The maximum absolute atomic E-state index is 7.79. The topological polar surface area (TPSA) is 31.4 Å². The van der Waals surface area contributed by atoms with Crippen molar-refractivity contribution >= 4 is 38.9 Å². The third-order valence-electron chi connectivity index (χ3n) is 8.73. The van der Waals surface area contributed by atoms with Gasteiger partial charge in [0, 0.05) is 50.0 Å². The van der Waals surface area contributed by atoms with E-state index in [0.717, 1.165) is 40.0 Å². The molecule has 224 valence electrons. The molecule has 5 heterocycles. The van der Waals surface area contributed by atoms with Gasteiger partial charge in [0.15, 0.2) is 6.67 Å². The van der Waals surface area contributed by atoms with Crippen LogP contribution in [0.1, 0.15) is 26.3 Å². The number of benzene rings is 4. The van der Waals surface area contributed by atoms with Gasteiger partial charge in [-0.3, -0.25) is 9.33 Å². The fourth-order valence-electron chi connectivity index (χ4n) is 6.46. The van der Waals surface area contributed by atoms with E-state index in [1.807, 2.05) is 30.5 Å². The number of ether oxygens (including phenoxy) is 1. The molecule has 1 saturated heterocycles. The van der Waals surface area contributed by atoms with Crippen LogP contribution < -0.4 is 13.7 Å². The summed E-state index contributed by atoms with van der Waals surface area (Å²) in [5, 5.41) is 2.20. The van der Waals surface area contributed by atoms with Gasteiger partial charge in [-0.15, -0.1) is 29.7 Å². The standard InChI is InChI=1S/C38H30N5O.Pt/c1-38(2,3)27-16-17-40-37(20-27)41-35-13-9-8-12-33(35)34-15-14-31(24-36(34)41)44-32-22-28(39-4)21-30(23-32)43-19-18-42(25-43,26-43)29-10-6-5-7-11-29;/h5-22,25H,26H2,1-3H3;/q-1;/t42-,43+;/m1./s1. The van der Waals surface area contributed by atoms with Gasteiger partial charge in [0.1, 0.15) is 23.9 Å². The van der Waals surface area contributed by atoms with Crippen LogP contribution in [0.2, 0.25) is 0 Å². The zero-order chi connectivity index (χ0) is 30.1. The monoisotopic (exact) mass is 767 g/mol. The molecule has 0 amide bonds. The molecule has 9 rings (SSSR count). The van der Waals surface area contributed by atoms with Crippen molar-refractivity contribution in [1.29, 1.82) is 0 Å². The summed E-state index contributed by atoms with van der Waals surface area (Å²) in [6.45, 7) is 17.5. The van der Waals surface area contributed by atoms with E-state index in [1.165, 1.54) is 11.3 Å². The molecule has 6 nitrogen and oxygen atoms in total. The van der Waals surface area contributed by atoms with Crippen LogP contribution in [0, 0.1) is 25.4 Å². The van der Waals surface area contributed by atoms with E-state index in [1.54, 1.807) is 6.07 Å². The van der Waals surface area contributed by atoms with Crippen molar-refractivity contribution in [2.45, 2.75) is 26.2 Å². The maximum atomic E-state index is 7.79. The average Bonchev–Trinajstić information content (AvgIpc) is 3.70. The second kappa shape index (κ2) is 10.5. The van der Waals surface area contributed by atoms with Crippen molar-refractivity contribution in [3.8, 4) is 17.3 Å². The Hall–Kier alpha value is -4.53. The molecule has 2 aromatic heterocycles. The Balaban J connectivity index is 0.00000325. The van der Waals surface area contributed by atoms with Crippen LogP contribution in [-0.4, -0.2) is 16.2 Å². The van der Waals surface area contributed by atoms with Crippen molar-refractivity contribution in [2.75, 3.05) is 6.67 Å². The zero-order valence-electron chi connectivity index (χ0n) is 25.1. The van der Waals surface area contributed by atoms with Gasteiger partial charge in [0.05, 0.1) is 18.9 Å². The van der Waals surface area contributed by atoms with E-state index in [2.05, 4.69) is 122 Å². The quantitative estimate of drug-likeness (QED) is 0.129. The molecule has 0 spiro atoms. The molecule has 2 bridgehead atoms. The molecule has 3 aliphatic rings. The van der Waals surface area contributed by atoms with Crippen LogP contribution >= 0.6 is 0 Å². The predicted octanol–water partition coefficient (Wildman–Crippen LogP) is 9.31. The number of nitrogens with zero attached hydrogens (tertiary/aromatic N) is 5. The molecule has 4 aromatic carbocycles. The first kappa shape index (κ1) is 29.2. The summed E-state index contributed by atoms with van der Waals surface area (Å²) in [7, 11) is 0. The van der Waals surface area contributed by atoms with Crippen LogP contribution in [0.4, 0.5) is 17.1 Å². The number of fused-ring (bicyclic) bond motifs is 3. The van der Waals surface area contributed by atoms with Crippen molar-refractivity contribution in [3.05, 3.63) is 145 Å². The van der Waals surface area contributed by atoms with E-state index < -0.39 is 0 Å². The van der Waals surface area contributed by atoms with E-state index in [-0.39, 0.29) is 26.5 Å². The molecule has 6 aromatic rings. The van der Waals surface area contributed by atoms with Gasteiger partial charge in [-0.25, -0.2) is 4.98 Å². The Labute approximate surface area is 277 Å². The number of para-hydroxylation sites is 2. The van der Waals surface area contributed by atoms with E-state index in [9.17, 15) is 0 Å². The van der Waals surface area contributed by atoms with Crippen molar-refractivity contribution < 1.29 is 25.8 Å². The Morgan fingerprint density at radius 2 is 1.62 bits per heavy atom. The van der Waals surface area contributed by atoms with Gasteiger partial charge >= 0.3 is 0 Å². The minimum absolute atomic E-state index is 0. The minimum atomic E-state index is -0.0140. The molecule has 1 fully saturated rings. The van der Waals surface area contributed by atoms with Gasteiger partial charge in [-0.1, -0.05) is 68.8 Å². The molecule has 3 aliphatic heterocycles. The Kier molecular flexibility index (Phi) is 6.83. The van der Waals surface area contributed by atoms with Crippen molar-refractivity contribution in [1.82, 2.24) is 18.5 Å². The van der Waals surface area contributed by atoms with Crippen LogP contribution in [0.3, 0.4) is 0 Å². The predicted molar refractivity (Wildman–Crippen MR) is 176 cm³/mol. The van der Waals surface area contributed by atoms with Crippen molar-refractivity contribution in [3.63, 3.8) is 0 Å². The Morgan fingerprint density at radius 3 is 2.40 bits per heavy atom. The van der Waals surface area contributed by atoms with Crippen LogP contribution in [0.5, 0.6) is 11.5 Å². The van der Waals surface area contributed by atoms with Crippen LogP contribution in [-0.2, 0) is 26.5 Å². The summed E-state index contributed by atoms with van der Waals surface area (Å²) in [5.74, 6) is 1.88. The van der Waals surface area contributed by atoms with Gasteiger partial charge in [-0.05, 0) is 46.7 Å². The zero-order valence-corrected chi connectivity index (χ0v) is 27.4. The molecule has 2 atom stereocenters.